The molecule has 0 aromatic carbocycles. The molecular formula is C16H34N2. The van der Waals surface area contributed by atoms with Crippen molar-refractivity contribution in [3.63, 3.8) is 0 Å². The van der Waals surface area contributed by atoms with Crippen LogP contribution in [0.1, 0.15) is 66.2 Å². The van der Waals surface area contributed by atoms with Gasteiger partial charge >= 0.3 is 0 Å². The van der Waals surface area contributed by atoms with E-state index in [1.54, 1.807) is 0 Å². The first-order valence-corrected chi connectivity index (χ1v) is 7.96. The maximum atomic E-state index is 3.51. The molecule has 0 aromatic rings. The third-order valence-corrected chi connectivity index (χ3v) is 4.61. The molecule has 0 spiro atoms. The van der Waals surface area contributed by atoms with Crippen molar-refractivity contribution in [3.05, 3.63) is 0 Å². The van der Waals surface area contributed by atoms with Crippen molar-refractivity contribution in [2.75, 3.05) is 13.6 Å². The number of hydrogen-bond acceptors (Lipinski definition) is 2. The van der Waals surface area contributed by atoms with Crippen LogP contribution in [0.2, 0.25) is 0 Å². The quantitative estimate of drug-likeness (QED) is 0.698. The minimum atomic E-state index is 0.623. The molecule has 1 N–H and O–H groups in total. The van der Waals surface area contributed by atoms with E-state index >= 15 is 0 Å². The van der Waals surface area contributed by atoms with Crippen molar-refractivity contribution in [1.29, 1.82) is 0 Å². The van der Waals surface area contributed by atoms with Gasteiger partial charge in [-0.1, -0.05) is 20.8 Å². The Kier molecular flexibility index (Phi) is 7.25. The summed E-state index contributed by atoms with van der Waals surface area (Å²) in [6.07, 6.45) is 8.29. The molecule has 18 heavy (non-hydrogen) atoms. The fraction of sp³-hybridized carbons (Fsp3) is 1.00. The van der Waals surface area contributed by atoms with Crippen LogP contribution in [0, 0.1) is 5.92 Å². The second-order valence-electron chi connectivity index (χ2n) is 6.68. The van der Waals surface area contributed by atoms with Gasteiger partial charge in [0.2, 0.25) is 0 Å². The molecule has 0 saturated heterocycles. The molecule has 1 fully saturated rings. The monoisotopic (exact) mass is 254 g/mol. The summed E-state index contributed by atoms with van der Waals surface area (Å²) in [6.45, 7) is 10.4. The Labute approximate surface area is 115 Å². The zero-order chi connectivity index (χ0) is 13.5. The fourth-order valence-corrected chi connectivity index (χ4v) is 3.00. The van der Waals surface area contributed by atoms with E-state index < -0.39 is 0 Å². The summed E-state index contributed by atoms with van der Waals surface area (Å²) in [5.74, 6) is 0.959. The van der Waals surface area contributed by atoms with Gasteiger partial charge in [-0.15, -0.1) is 0 Å². The van der Waals surface area contributed by atoms with Crippen molar-refractivity contribution in [2.45, 2.75) is 84.3 Å². The van der Waals surface area contributed by atoms with Crippen LogP contribution in [0.3, 0.4) is 0 Å². The van der Waals surface area contributed by atoms with E-state index in [4.69, 9.17) is 0 Å². The molecule has 1 atom stereocenters. The van der Waals surface area contributed by atoms with Crippen LogP contribution in [0.5, 0.6) is 0 Å². The summed E-state index contributed by atoms with van der Waals surface area (Å²) >= 11 is 0. The molecule has 1 saturated carbocycles. The average molecular weight is 254 g/mol. The van der Waals surface area contributed by atoms with Crippen LogP contribution < -0.4 is 5.32 Å². The zero-order valence-corrected chi connectivity index (χ0v) is 13.2. The zero-order valence-electron chi connectivity index (χ0n) is 13.2. The Balaban J connectivity index is 2.17. The Morgan fingerprint density at radius 1 is 1.11 bits per heavy atom. The van der Waals surface area contributed by atoms with Crippen LogP contribution in [0.15, 0.2) is 0 Å². The lowest BCUT2D eigenvalue weighted by atomic mass is 9.86. The SMILES string of the molecule is CC1CCC(N(C)C(C)CCCNC(C)C)CC1. The largest absolute Gasteiger partial charge is 0.315 e. The van der Waals surface area contributed by atoms with Gasteiger partial charge in [-0.2, -0.15) is 0 Å². The lowest BCUT2D eigenvalue weighted by molar-refractivity contribution is 0.125. The van der Waals surface area contributed by atoms with E-state index in [9.17, 15) is 0 Å². The van der Waals surface area contributed by atoms with Crippen LogP contribution >= 0.6 is 0 Å². The molecule has 0 heterocycles. The molecule has 1 aliphatic carbocycles. The topological polar surface area (TPSA) is 15.3 Å². The average Bonchev–Trinajstić information content (AvgIpc) is 2.34. The first kappa shape index (κ1) is 16.0. The minimum absolute atomic E-state index is 0.623. The summed E-state index contributed by atoms with van der Waals surface area (Å²) in [5.41, 5.74) is 0. The standard InChI is InChI=1S/C16H34N2/c1-13(2)17-12-6-7-15(4)18(5)16-10-8-14(3)9-11-16/h13-17H,6-12H2,1-5H3. The van der Waals surface area contributed by atoms with Crippen LogP contribution in [-0.4, -0.2) is 36.6 Å². The van der Waals surface area contributed by atoms with Gasteiger partial charge < -0.3 is 10.2 Å². The second-order valence-corrected chi connectivity index (χ2v) is 6.68. The molecule has 0 aliphatic heterocycles. The maximum absolute atomic E-state index is 3.51. The normalized spacial score (nSPS) is 26.8. The van der Waals surface area contributed by atoms with E-state index in [0.29, 0.717) is 6.04 Å². The number of nitrogens with one attached hydrogen (secondary N) is 1. The molecule has 2 nitrogen and oxygen atoms in total. The third kappa shape index (κ3) is 5.71. The van der Waals surface area contributed by atoms with E-state index in [0.717, 1.165) is 24.5 Å². The van der Waals surface area contributed by atoms with Crippen LogP contribution in [0.25, 0.3) is 0 Å². The second kappa shape index (κ2) is 8.16. The number of nitrogens with zero attached hydrogens (tertiary/aromatic N) is 1. The van der Waals surface area contributed by atoms with Gasteiger partial charge in [-0.25, -0.2) is 0 Å². The Morgan fingerprint density at radius 3 is 2.28 bits per heavy atom. The lowest BCUT2D eigenvalue weighted by Crippen LogP contribution is -2.41. The van der Waals surface area contributed by atoms with Gasteiger partial charge in [0.1, 0.15) is 0 Å². The van der Waals surface area contributed by atoms with Crippen molar-refractivity contribution in [3.8, 4) is 0 Å². The Morgan fingerprint density at radius 2 is 1.72 bits per heavy atom. The highest BCUT2D eigenvalue weighted by molar-refractivity contribution is 4.79. The first-order chi connectivity index (χ1) is 8.50. The predicted octanol–water partition coefficient (Wildman–Crippen LogP) is 3.66. The molecule has 1 unspecified atom stereocenters. The van der Waals surface area contributed by atoms with Gasteiger partial charge in [0.05, 0.1) is 0 Å². The Bertz CT molecular complexity index is 207. The molecule has 2 heteroatoms. The highest BCUT2D eigenvalue weighted by Gasteiger charge is 2.24. The summed E-state index contributed by atoms with van der Waals surface area (Å²) < 4.78 is 0. The van der Waals surface area contributed by atoms with E-state index in [1.807, 2.05) is 0 Å². The number of hydrogen-bond donors (Lipinski definition) is 1. The van der Waals surface area contributed by atoms with Crippen molar-refractivity contribution in [1.82, 2.24) is 10.2 Å². The summed E-state index contributed by atoms with van der Waals surface area (Å²) in [6, 6.07) is 2.20. The summed E-state index contributed by atoms with van der Waals surface area (Å²) in [7, 11) is 2.33. The van der Waals surface area contributed by atoms with Crippen molar-refractivity contribution >= 4 is 0 Å². The summed E-state index contributed by atoms with van der Waals surface area (Å²) in [4.78, 5) is 2.64. The van der Waals surface area contributed by atoms with Crippen LogP contribution in [0.4, 0.5) is 0 Å². The van der Waals surface area contributed by atoms with Crippen molar-refractivity contribution in [2.24, 2.45) is 5.92 Å². The third-order valence-electron chi connectivity index (χ3n) is 4.61. The fourth-order valence-electron chi connectivity index (χ4n) is 3.00. The molecule has 108 valence electrons. The Hall–Kier alpha value is -0.0800. The molecule has 1 rings (SSSR count). The van der Waals surface area contributed by atoms with E-state index in [2.05, 4.69) is 45.0 Å². The predicted molar refractivity (Wildman–Crippen MR) is 81.0 cm³/mol. The van der Waals surface area contributed by atoms with Gasteiger partial charge in [0.15, 0.2) is 0 Å². The molecule has 0 radical (unpaired) electrons. The number of rotatable bonds is 7. The molecule has 0 bridgehead atoms. The van der Waals surface area contributed by atoms with Gasteiger partial charge in [-0.3, -0.25) is 0 Å². The lowest BCUT2D eigenvalue weighted by Gasteiger charge is -2.37. The molecule has 0 aromatic heterocycles. The van der Waals surface area contributed by atoms with E-state index in [-0.39, 0.29) is 0 Å². The van der Waals surface area contributed by atoms with Crippen LogP contribution in [-0.2, 0) is 0 Å². The van der Waals surface area contributed by atoms with Gasteiger partial charge in [-0.05, 0) is 65.0 Å². The highest BCUT2D eigenvalue weighted by atomic mass is 15.2. The van der Waals surface area contributed by atoms with Crippen molar-refractivity contribution < 1.29 is 0 Å². The highest BCUT2D eigenvalue weighted by Crippen LogP contribution is 2.27. The maximum Gasteiger partial charge on any atom is 0.00952 e. The van der Waals surface area contributed by atoms with Gasteiger partial charge in [0, 0.05) is 18.1 Å². The summed E-state index contributed by atoms with van der Waals surface area (Å²) in [5, 5.41) is 3.51. The minimum Gasteiger partial charge on any atom is -0.315 e. The molecule has 0 amide bonds. The van der Waals surface area contributed by atoms with E-state index in [1.165, 1.54) is 38.5 Å². The first-order valence-electron chi connectivity index (χ1n) is 7.96. The van der Waals surface area contributed by atoms with Gasteiger partial charge in [0.25, 0.3) is 0 Å². The molecule has 1 aliphatic rings. The smallest absolute Gasteiger partial charge is 0.00952 e. The molecular weight excluding hydrogens is 220 g/mol.